The first-order valence-electron chi connectivity index (χ1n) is 34.3. The van der Waals surface area contributed by atoms with E-state index in [0.29, 0.717) is 126 Å². The van der Waals surface area contributed by atoms with Gasteiger partial charge in [0.05, 0.1) is 41.7 Å². The predicted octanol–water partition coefficient (Wildman–Crippen LogP) is 21.1. The summed E-state index contributed by atoms with van der Waals surface area (Å²) < 4.78 is 107. The maximum atomic E-state index is 13.3. The van der Waals surface area contributed by atoms with E-state index in [1.165, 1.54) is 31.7 Å². The molecule has 0 aromatic heterocycles. The number of anilines is 6. The van der Waals surface area contributed by atoms with E-state index in [1.54, 1.807) is 206 Å². The molecular formula is C83H70Cl4F6N6O13. The fourth-order valence-electron chi connectivity index (χ4n) is 12.3. The number of hydrogen-bond donors (Lipinski definition) is 3. The second-order valence-electron chi connectivity index (χ2n) is 25.2. The number of esters is 2. The molecule has 0 bridgehead atoms. The van der Waals surface area contributed by atoms with Crippen molar-refractivity contribution < 1.29 is 88.7 Å². The summed E-state index contributed by atoms with van der Waals surface area (Å²) in [6.45, 7) is 0. The van der Waals surface area contributed by atoms with Gasteiger partial charge < -0.3 is 50.1 Å². The van der Waals surface area contributed by atoms with Crippen LogP contribution in [0, 0.1) is 0 Å². The maximum Gasteiger partial charge on any atom is 0.418 e. The van der Waals surface area contributed by atoms with Gasteiger partial charge in [-0.05, 0) is 236 Å². The number of cyclic esters (lactones) is 2. The molecule has 580 valence electrons. The number of ether oxygens (including phenoxy) is 5. The molecule has 3 atom stereocenters. The standard InChI is InChI=1S/2C23H18ClF3N2O2.C16H14ClNO3.C16H12ClNO3.C4H4O3.CH4/c24-15-2-6-17(7-3-15)31-18-8-4-16(5-9-18)29-21(11-12-22(29)30)14-1-10-20(28)19(13-14)23(25,26)27;24-14-4-8-16(9-5-14)31-17-10-6-15(7-11-17)29-20(12-13-21(29)30)18-2-1-3-19(22(18)28)23(25,26)27;2*17-11-1-5-13(6-2-11)21-14-7-3-12(4-8-14)18-15(19)9-10-16(18)20;5-3-1-2-4(6)7-3;/h1-10,13,21H,11-12,28H2;1-11,20H,12-13,28H2;1-8,15,19H,9-10H2;1-8H,9-10H2;1-2H2;1H4. The Bertz CT molecular complexity index is 4950. The number of imide groups is 1. The summed E-state index contributed by atoms with van der Waals surface area (Å²) in [5, 5.41) is 12.3. The summed E-state index contributed by atoms with van der Waals surface area (Å²) in [4.78, 5) is 85.8. The molecule has 112 heavy (non-hydrogen) atoms. The normalized spacial score (nSPS) is 16.6. The van der Waals surface area contributed by atoms with Gasteiger partial charge in [-0.2, -0.15) is 26.3 Å². The highest BCUT2D eigenvalue weighted by Crippen LogP contribution is 2.46. The van der Waals surface area contributed by atoms with E-state index < -0.39 is 53.7 Å². The van der Waals surface area contributed by atoms with Crippen molar-refractivity contribution >= 4 is 122 Å². The summed E-state index contributed by atoms with van der Waals surface area (Å²) in [5.41, 5.74) is 12.0. The molecule has 5 aliphatic heterocycles. The SMILES string of the molecule is C.Nc1c(C2CCC(=O)N2c2ccc(Oc3ccc(Cl)cc3)cc2)cccc1C(F)(F)F.Nc1ccc(C2CCC(=O)N2c2ccc(Oc3ccc(Cl)cc3)cc2)cc1C(F)(F)F.O=C1CCC(=O)N1c1ccc(Oc2ccc(Cl)cc2)cc1.O=C1CCC(=O)O1.O=C1CCC(O)N1c1ccc(Oc2ccc(Cl)cc2)cc1. The van der Waals surface area contributed by atoms with Gasteiger partial charge in [0.2, 0.25) is 29.5 Å². The van der Waals surface area contributed by atoms with Crippen molar-refractivity contribution in [3.05, 3.63) is 273 Å². The van der Waals surface area contributed by atoms with Crippen molar-refractivity contribution in [3.8, 4) is 46.0 Å². The van der Waals surface area contributed by atoms with Gasteiger partial charge in [0.25, 0.3) is 0 Å². The number of aliphatic hydroxyl groups is 1. The van der Waals surface area contributed by atoms with Gasteiger partial charge in [-0.25, -0.2) is 0 Å². The van der Waals surface area contributed by atoms with Crippen LogP contribution in [0.1, 0.15) is 106 Å². The number of benzene rings is 10. The quantitative estimate of drug-likeness (QED) is 0.0301. The largest absolute Gasteiger partial charge is 0.457 e. The minimum absolute atomic E-state index is 0. The molecular weight excluding hydrogens is 1540 g/mol. The summed E-state index contributed by atoms with van der Waals surface area (Å²) >= 11 is 23.4. The Morgan fingerprint density at radius 3 is 1.03 bits per heavy atom. The van der Waals surface area contributed by atoms with E-state index in [-0.39, 0.29) is 86.9 Å². The zero-order chi connectivity index (χ0) is 79.3. The van der Waals surface area contributed by atoms with Gasteiger partial charge in [-0.15, -0.1) is 0 Å². The van der Waals surface area contributed by atoms with Gasteiger partial charge in [-0.3, -0.25) is 43.4 Å². The van der Waals surface area contributed by atoms with Crippen LogP contribution in [0.25, 0.3) is 0 Å². The number of amides is 5. The molecule has 3 unspecified atom stereocenters. The van der Waals surface area contributed by atoms with Crippen molar-refractivity contribution in [2.24, 2.45) is 0 Å². The Labute approximate surface area is 659 Å². The van der Waals surface area contributed by atoms with Crippen molar-refractivity contribution in [1.82, 2.24) is 0 Å². The first kappa shape index (κ1) is 82.9. The third-order valence-electron chi connectivity index (χ3n) is 17.6. The Hall–Kier alpha value is -11.6. The summed E-state index contributed by atoms with van der Waals surface area (Å²) in [5.74, 6) is 3.44. The highest BCUT2D eigenvalue weighted by Gasteiger charge is 2.41. The number of carbonyl (C=O) groups is 7. The van der Waals surface area contributed by atoms with Crippen LogP contribution >= 0.6 is 46.4 Å². The molecule has 5 N–H and O–H groups in total. The Morgan fingerprint density at radius 2 is 0.688 bits per heavy atom. The van der Waals surface area contributed by atoms with E-state index in [2.05, 4.69) is 4.74 Å². The van der Waals surface area contributed by atoms with Gasteiger partial charge in [0.1, 0.15) is 52.2 Å². The van der Waals surface area contributed by atoms with Gasteiger partial charge in [0, 0.05) is 87.1 Å². The van der Waals surface area contributed by atoms with Crippen LogP contribution in [0.5, 0.6) is 46.0 Å². The fraction of sp³-hybridized carbons (Fsp3) is 0.193. The van der Waals surface area contributed by atoms with Crippen molar-refractivity contribution in [2.75, 3.05) is 31.1 Å². The number of nitrogens with two attached hydrogens (primary N) is 2. The maximum absolute atomic E-state index is 13.3. The van der Waals surface area contributed by atoms with E-state index in [4.69, 9.17) is 76.8 Å². The molecule has 0 aliphatic carbocycles. The monoisotopic (exact) mass is 1610 g/mol. The number of rotatable bonds is 14. The molecule has 5 heterocycles. The molecule has 5 amide bonds. The van der Waals surface area contributed by atoms with Crippen LogP contribution in [-0.2, 0) is 50.7 Å². The summed E-state index contributed by atoms with van der Waals surface area (Å²) in [6, 6.07) is 61.9. The van der Waals surface area contributed by atoms with Crippen LogP contribution in [0.15, 0.2) is 231 Å². The number of nitrogen functional groups attached to an aromatic ring is 2. The van der Waals surface area contributed by atoms with Crippen LogP contribution in [0.3, 0.4) is 0 Å². The highest BCUT2D eigenvalue weighted by molar-refractivity contribution is 6.31. The molecule has 5 aliphatic rings. The van der Waals surface area contributed by atoms with E-state index in [1.807, 2.05) is 0 Å². The Kier molecular flexibility index (Phi) is 27.3. The topological polar surface area (TPSA) is 251 Å². The van der Waals surface area contributed by atoms with Gasteiger partial charge in [0.15, 0.2) is 0 Å². The van der Waals surface area contributed by atoms with Crippen LogP contribution in [0.2, 0.25) is 20.1 Å². The molecule has 5 fully saturated rings. The minimum atomic E-state index is -4.56. The molecule has 0 spiro atoms. The molecule has 5 saturated heterocycles. The third-order valence-corrected chi connectivity index (χ3v) is 18.6. The minimum Gasteiger partial charge on any atom is -0.457 e. The number of halogens is 10. The highest BCUT2D eigenvalue weighted by atomic mass is 35.5. The molecule has 15 rings (SSSR count). The van der Waals surface area contributed by atoms with E-state index >= 15 is 0 Å². The average Bonchev–Trinajstić information content (AvgIpc) is 1.57. The van der Waals surface area contributed by atoms with E-state index in [0.717, 1.165) is 12.1 Å². The molecule has 0 radical (unpaired) electrons. The average molecular weight is 1620 g/mol. The number of carbonyl (C=O) groups excluding carboxylic acids is 7. The second kappa shape index (κ2) is 36.9. The summed E-state index contributed by atoms with van der Waals surface area (Å²) in [7, 11) is 0. The lowest BCUT2D eigenvalue weighted by Crippen LogP contribution is -2.32. The lowest BCUT2D eigenvalue weighted by molar-refractivity contribution is -0.152. The number of hydrogen-bond acceptors (Lipinski definition) is 15. The Balaban J connectivity index is 0.000000155. The van der Waals surface area contributed by atoms with E-state index in [9.17, 15) is 65.0 Å². The van der Waals surface area contributed by atoms with Gasteiger partial charge >= 0.3 is 24.3 Å². The van der Waals surface area contributed by atoms with Crippen molar-refractivity contribution in [1.29, 1.82) is 0 Å². The fourth-order valence-corrected chi connectivity index (χ4v) is 12.8. The van der Waals surface area contributed by atoms with Crippen LogP contribution in [-0.4, -0.2) is 52.8 Å². The molecule has 0 saturated carbocycles. The molecule has 29 heteroatoms. The summed E-state index contributed by atoms with van der Waals surface area (Å²) in [6.07, 6.45) is -6.64. The zero-order valence-corrected chi connectivity index (χ0v) is 61.3. The number of nitrogens with zero attached hydrogens (tertiary/aromatic N) is 4. The Morgan fingerprint density at radius 1 is 0.366 bits per heavy atom. The number of alkyl halides is 6. The zero-order valence-electron chi connectivity index (χ0n) is 58.3. The lowest BCUT2D eigenvalue weighted by atomic mass is 9.98. The van der Waals surface area contributed by atoms with Crippen LogP contribution in [0.4, 0.5) is 60.5 Å². The van der Waals surface area contributed by atoms with Crippen molar-refractivity contribution in [2.45, 2.75) is 102 Å². The van der Waals surface area contributed by atoms with Crippen molar-refractivity contribution in [3.63, 3.8) is 0 Å². The third kappa shape index (κ3) is 21.5. The number of aliphatic hydroxyl groups excluding tert-OH is 1. The molecule has 10 aromatic rings. The smallest absolute Gasteiger partial charge is 0.418 e. The van der Waals surface area contributed by atoms with Crippen LogP contribution < -0.4 is 50.0 Å². The first-order valence-corrected chi connectivity index (χ1v) is 35.8. The molecule has 10 aromatic carbocycles. The van der Waals surface area contributed by atoms with Gasteiger partial charge in [-0.1, -0.05) is 72.0 Å². The second-order valence-corrected chi connectivity index (χ2v) is 27.0. The molecule has 19 nitrogen and oxygen atoms in total. The first-order chi connectivity index (χ1) is 53.0. The predicted molar refractivity (Wildman–Crippen MR) is 414 cm³/mol. The lowest BCUT2D eigenvalue weighted by Gasteiger charge is -2.27. The number of para-hydroxylation sites is 1.